The molecule has 0 radical (unpaired) electrons. The van der Waals surface area contributed by atoms with Crippen LogP contribution in [-0.4, -0.2) is 21.9 Å². The van der Waals surface area contributed by atoms with Gasteiger partial charge in [0, 0.05) is 11.6 Å². The van der Waals surface area contributed by atoms with Crippen molar-refractivity contribution in [3.63, 3.8) is 0 Å². The van der Waals surface area contributed by atoms with Crippen LogP contribution in [-0.2, 0) is 6.42 Å². The van der Waals surface area contributed by atoms with Gasteiger partial charge >= 0.3 is 0 Å². The molecule has 0 aliphatic rings. The molecule has 0 saturated carbocycles. The first kappa shape index (κ1) is 17.7. The number of halogens is 3. The Kier molecular flexibility index (Phi) is 6.37. The Morgan fingerprint density at radius 2 is 1.96 bits per heavy atom. The minimum absolute atomic E-state index is 0.298. The van der Waals surface area contributed by atoms with E-state index in [-0.39, 0.29) is 0 Å². The van der Waals surface area contributed by atoms with Crippen molar-refractivity contribution in [2.45, 2.75) is 6.42 Å². The Morgan fingerprint density at radius 3 is 2.70 bits per heavy atom. The van der Waals surface area contributed by atoms with Gasteiger partial charge in [-0.1, -0.05) is 34.8 Å². The monoisotopic (exact) mass is 385 g/mol. The summed E-state index contributed by atoms with van der Waals surface area (Å²) in [6, 6.07) is 6.89. The molecule has 1 aromatic carbocycles. The van der Waals surface area contributed by atoms with Gasteiger partial charge in [-0.05, 0) is 42.4 Å². The maximum Gasteiger partial charge on any atom is 0.172 e. The number of hydrogen-bond donors (Lipinski definition) is 2. The summed E-state index contributed by atoms with van der Waals surface area (Å²) in [5.74, 6) is 0.298. The van der Waals surface area contributed by atoms with Crippen molar-refractivity contribution in [2.24, 2.45) is 0 Å². The van der Waals surface area contributed by atoms with E-state index in [1.807, 2.05) is 6.07 Å². The first-order valence-electron chi connectivity index (χ1n) is 6.42. The van der Waals surface area contributed by atoms with Crippen molar-refractivity contribution in [3.05, 3.63) is 50.6 Å². The number of rotatable bonds is 4. The van der Waals surface area contributed by atoms with Crippen molar-refractivity contribution >= 4 is 58.0 Å². The van der Waals surface area contributed by atoms with Crippen LogP contribution >= 0.6 is 47.0 Å². The third kappa shape index (κ3) is 4.66. The van der Waals surface area contributed by atoms with Gasteiger partial charge in [-0.15, -0.1) is 5.10 Å². The SMILES string of the molecule is N#Cc1ccnnc1NC(=S)NCCc1c(Cl)ccc(Cl)c1Cl. The molecule has 0 saturated heterocycles. The highest BCUT2D eigenvalue weighted by Crippen LogP contribution is 2.31. The Morgan fingerprint density at radius 1 is 1.22 bits per heavy atom. The van der Waals surface area contributed by atoms with Gasteiger partial charge in [0.05, 0.1) is 21.8 Å². The third-order valence-corrected chi connectivity index (χ3v) is 4.32. The number of anilines is 1. The zero-order valence-electron chi connectivity index (χ0n) is 11.6. The van der Waals surface area contributed by atoms with E-state index in [1.54, 1.807) is 18.2 Å². The third-order valence-electron chi connectivity index (χ3n) is 2.87. The van der Waals surface area contributed by atoms with Crippen LogP contribution in [0.4, 0.5) is 5.82 Å². The van der Waals surface area contributed by atoms with Crippen molar-refractivity contribution in [1.82, 2.24) is 15.5 Å². The first-order valence-corrected chi connectivity index (χ1v) is 7.96. The number of nitriles is 1. The molecule has 1 aromatic heterocycles. The molecule has 0 unspecified atom stereocenters. The molecule has 2 N–H and O–H groups in total. The fourth-order valence-corrected chi connectivity index (χ4v) is 2.70. The van der Waals surface area contributed by atoms with Crippen molar-refractivity contribution in [1.29, 1.82) is 5.26 Å². The molecule has 0 bridgehead atoms. The summed E-state index contributed by atoms with van der Waals surface area (Å²) in [6.07, 6.45) is 1.97. The van der Waals surface area contributed by atoms with E-state index >= 15 is 0 Å². The normalized spacial score (nSPS) is 10.0. The van der Waals surface area contributed by atoms with E-state index in [0.29, 0.717) is 44.5 Å². The van der Waals surface area contributed by atoms with Gasteiger partial charge < -0.3 is 10.6 Å². The van der Waals surface area contributed by atoms with Crippen LogP contribution in [0.3, 0.4) is 0 Å². The van der Waals surface area contributed by atoms with Crippen LogP contribution in [0.1, 0.15) is 11.1 Å². The molecule has 5 nitrogen and oxygen atoms in total. The molecule has 9 heteroatoms. The van der Waals surface area contributed by atoms with Crippen LogP contribution in [0.2, 0.25) is 15.1 Å². The number of thiocarbonyl (C=S) groups is 1. The quantitative estimate of drug-likeness (QED) is 0.614. The zero-order chi connectivity index (χ0) is 16.8. The summed E-state index contributed by atoms with van der Waals surface area (Å²) < 4.78 is 0. The lowest BCUT2D eigenvalue weighted by molar-refractivity contribution is 0.872. The molecule has 0 fully saturated rings. The number of nitrogens with one attached hydrogen (secondary N) is 2. The highest BCUT2D eigenvalue weighted by molar-refractivity contribution is 7.80. The minimum Gasteiger partial charge on any atom is -0.362 e. The van der Waals surface area contributed by atoms with E-state index < -0.39 is 0 Å². The molecule has 2 aromatic rings. The number of hydrogen-bond acceptors (Lipinski definition) is 4. The molecule has 0 atom stereocenters. The second-order valence-corrected chi connectivity index (χ2v) is 5.96. The highest BCUT2D eigenvalue weighted by atomic mass is 35.5. The van der Waals surface area contributed by atoms with E-state index in [9.17, 15) is 0 Å². The summed E-state index contributed by atoms with van der Waals surface area (Å²) in [7, 11) is 0. The Bertz CT molecular complexity index is 775. The number of benzene rings is 1. The molecular weight excluding hydrogens is 377 g/mol. The standard InChI is InChI=1S/C14H10Cl3N5S/c15-10-1-2-11(16)12(17)9(10)4-5-19-14(23)21-13-8(7-18)3-6-20-22-13/h1-3,6H,4-5H2,(H2,19,21,22,23). The van der Waals surface area contributed by atoms with Crippen LogP contribution < -0.4 is 10.6 Å². The van der Waals surface area contributed by atoms with Gasteiger partial charge in [0.25, 0.3) is 0 Å². The Hall–Kier alpha value is -1.65. The van der Waals surface area contributed by atoms with Crippen molar-refractivity contribution in [2.75, 3.05) is 11.9 Å². The van der Waals surface area contributed by atoms with Crippen molar-refractivity contribution in [3.8, 4) is 6.07 Å². The lowest BCUT2D eigenvalue weighted by atomic mass is 10.1. The van der Waals surface area contributed by atoms with Crippen LogP contribution in [0.15, 0.2) is 24.4 Å². The Labute approximate surface area is 153 Å². The predicted molar refractivity (Wildman–Crippen MR) is 96.1 cm³/mol. The maximum atomic E-state index is 8.98. The average Bonchev–Trinajstić information content (AvgIpc) is 2.55. The van der Waals surface area contributed by atoms with Crippen LogP contribution in [0.25, 0.3) is 0 Å². The van der Waals surface area contributed by atoms with Gasteiger partial charge in [0.2, 0.25) is 0 Å². The molecular formula is C14H10Cl3N5S. The van der Waals surface area contributed by atoms with Gasteiger partial charge in [-0.2, -0.15) is 10.4 Å². The lowest BCUT2D eigenvalue weighted by Gasteiger charge is -2.12. The minimum atomic E-state index is 0.298. The highest BCUT2D eigenvalue weighted by Gasteiger charge is 2.10. The smallest absolute Gasteiger partial charge is 0.172 e. The van der Waals surface area contributed by atoms with Gasteiger partial charge in [0.15, 0.2) is 10.9 Å². The molecule has 0 spiro atoms. The fourth-order valence-electron chi connectivity index (χ4n) is 1.77. The Balaban J connectivity index is 1.94. The summed E-state index contributed by atoms with van der Waals surface area (Å²) in [4.78, 5) is 0. The van der Waals surface area contributed by atoms with E-state index in [4.69, 9.17) is 52.3 Å². The average molecular weight is 387 g/mol. The first-order chi connectivity index (χ1) is 11.0. The molecule has 1 heterocycles. The van der Waals surface area contributed by atoms with E-state index in [2.05, 4.69) is 20.8 Å². The van der Waals surface area contributed by atoms with Gasteiger partial charge in [-0.25, -0.2) is 0 Å². The van der Waals surface area contributed by atoms with E-state index in [0.717, 1.165) is 5.56 Å². The topological polar surface area (TPSA) is 73.6 Å². The van der Waals surface area contributed by atoms with Crippen molar-refractivity contribution < 1.29 is 0 Å². The fraction of sp³-hybridized carbons (Fsp3) is 0.143. The molecule has 2 rings (SSSR count). The maximum absolute atomic E-state index is 8.98. The van der Waals surface area contributed by atoms with Crippen LogP contribution in [0.5, 0.6) is 0 Å². The zero-order valence-corrected chi connectivity index (χ0v) is 14.7. The van der Waals surface area contributed by atoms with E-state index in [1.165, 1.54) is 6.20 Å². The summed E-state index contributed by atoms with van der Waals surface area (Å²) >= 11 is 23.4. The van der Waals surface area contributed by atoms with Gasteiger partial charge in [-0.3, -0.25) is 0 Å². The number of aromatic nitrogens is 2. The summed E-state index contributed by atoms with van der Waals surface area (Å²) in [5, 5.41) is 24.1. The summed E-state index contributed by atoms with van der Waals surface area (Å²) in [6.45, 7) is 0.480. The molecule has 0 aliphatic heterocycles. The molecule has 23 heavy (non-hydrogen) atoms. The summed E-state index contributed by atoms with van der Waals surface area (Å²) in [5.41, 5.74) is 1.10. The predicted octanol–water partition coefficient (Wildman–Crippen LogP) is 3.84. The molecule has 118 valence electrons. The largest absolute Gasteiger partial charge is 0.362 e. The van der Waals surface area contributed by atoms with Gasteiger partial charge in [0.1, 0.15) is 6.07 Å². The number of nitrogens with zero attached hydrogens (tertiary/aromatic N) is 3. The second-order valence-electron chi connectivity index (χ2n) is 4.36. The lowest BCUT2D eigenvalue weighted by Crippen LogP contribution is -2.31. The van der Waals surface area contributed by atoms with Crippen LogP contribution in [0, 0.1) is 11.3 Å². The second kappa shape index (κ2) is 8.27. The molecule has 0 aliphatic carbocycles. The molecule has 0 amide bonds.